The molecule has 0 atom stereocenters. The van der Waals surface area contributed by atoms with Crippen LogP contribution >= 0.6 is 11.9 Å². The van der Waals surface area contributed by atoms with Gasteiger partial charge in [-0.1, -0.05) is 68.7 Å². The maximum Gasteiger partial charge on any atom is 0.0534 e. The van der Waals surface area contributed by atoms with E-state index in [0.29, 0.717) is 0 Å². The molecule has 0 bridgehead atoms. The van der Waals surface area contributed by atoms with Crippen LogP contribution in [0.5, 0.6) is 0 Å². The van der Waals surface area contributed by atoms with E-state index in [1.807, 2.05) is 0 Å². The molecule has 0 aliphatic heterocycles. The molecule has 1 saturated carbocycles. The zero-order valence-electron chi connectivity index (χ0n) is 15.4. The first-order valence-corrected chi connectivity index (χ1v) is 10.3. The van der Waals surface area contributed by atoms with Gasteiger partial charge >= 0.3 is 0 Å². The van der Waals surface area contributed by atoms with Crippen molar-refractivity contribution in [3.63, 3.8) is 0 Å². The topological polar surface area (TPSA) is 12.4 Å². The Morgan fingerprint density at radius 1 is 1.17 bits per heavy atom. The van der Waals surface area contributed by atoms with Crippen LogP contribution in [0.25, 0.3) is 5.57 Å². The highest BCUT2D eigenvalue weighted by Gasteiger charge is 2.15. The van der Waals surface area contributed by atoms with Crippen molar-refractivity contribution >= 4 is 23.2 Å². The average molecular weight is 342 g/mol. The fraction of sp³-hybridized carbons (Fsp3) is 0.500. The summed E-state index contributed by atoms with van der Waals surface area (Å²) in [4.78, 5) is 0. The molecular weight excluding hydrogens is 310 g/mol. The van der Waals surface area contributed by atoms with Crippen LogP contribution in [-0.2, 0) is 0 Å². The van der Waals surface area contributed by atoms with E-state index >= 15 is 0 Å². The summed E-state index contributed by atoms with van der Waals surface area (Å²) in [5.41, 5.74) is 5.12. The summed E-state index contributed by atoms with van der Waals surface area (Å²) < 4.78 is 4.69. The predicted molar refractivity (Wildman–Crippen MR) is 111 cm³/mol. The second-order valence-electron chi connectivity index (χ2n) is 6.57. The molecule has 1 nitrogen and oxygen atoms in total. The Hall–Kier alpha value is -1.28. The minimum Gasteiger partial charge on any atom is -0.221 e. The Bertz CT molecular complexity index is 574. The molecule has 130 valence electrons. The molecule has 1 aliphatic carbocycles. The minimum atomic E-state index is 0.769. The molecule has 0 amide bonds. The smallest absolute Gasteiger partial charge is 0.0534 e. The van der Waals surface area contributed by atoms with E-state index < -0.39 is 0 Å². The van der Waals surface area contributed by atoms with Gasteiger partial charge in [0, 0.05) is 11.3 Å². The van der Waals surface area contributed by atoms with E-state index in [1.165, 1.54) is 48.8 Å². The summed E-state index contributed by atoms with van der Waals surface area (Å²) in [5.74, 6) is 1.85. The number of hydrogen-bond donors (Lipinski definition) is 0. The van der Waals surface area contributed by atoms with E-state index in [-0.39, 0.29) is 0 Å². The maximum absolute atomic E-state index is 4.69. The number of rotatable bonds is 7. The first-order valence-electron chi connectivity index (χ1n) is 9.36. The third-order valence-corrected chi connectivity index (χ3v) is 5.63. The molecule has 0 radical (unpaired) electrons. The first kappa shape index (κ1) is 19.1. The fourth-order valence-corrected chi connectivity index (χ4v) is 3.84. The lowest BCUT2D eigenvalue weighted by Crippen LogP contribution is -2.04. The average Bonchev–Trinajstić information content (AvgIpc) is 2.63. The molecule has 1 aromatic rings. The third kappa shape index (κ3) is 5.66. The number of allylic oxidation sites excluding steroid dienone is 4. The van der Waals surface area contributed by atoms with Gasteiger partial charge in [0.1, 0.15) is 0 Å². The van der Waals surface area contributed by atoms with Crippen molar-refractivity contribution in [2.24, 2.45) is 4.40 Å². The van der Waals surface area contributed by atoms with Crippen molar-refractivity contribution in [1.82, 2.24) is 0 Å². The van der Waals surface area contributed by atoms with Crippen LogP contribution in [0.4, 0.5) is 0 Å². The van der Waals surface area contributed by atoms with Gasteiger partial charge in [0.25, 0.3) is 0 Å². The Labute approximate surface area is 152 Å². The summed E-state index contributed by atoms with van der Waals surface area (Å²) in [5, 5.41) is 0. The summed E-state index contributed by atoms with van der Waals surface area (Å²) in [7, 11) is 0. The Kier molecular flexibility index (Phi) is 8.38. The summed E-state index contributed by atoms with van der Waals surface area (Å²) in [6.07, 6.45) is 14.4. The van der Waals surface area contributed by atoms with Crippen LogP contribution in [0, 0.1) is 0 Å². The zero-order valence-corrected chi connectivity index (χ0v) is 16.2. The van der Waals surface area contributed by atoms with Crippen molar-refractivity contribution < 1.29 is 0 Å². The van der Waals surface area contributed by atoms with Gasteiger partial charge in [-0.05, 0) is 62.1 Å². The first-order chi connectivity index (χ1) is 11.8. The van der Waals surface area contributed by atoms with Crippen molar-refractivity contribution in [2.45, 2.75) is 65.2 Å². The van der Waals surface area contributed by atoms with Crippen molar-refractivity contribution in [2.75, 3.05) is 5.75 Å². The number of nitrogens with zero attached hydrogens (tertiary/aromatic N) is 1. The van der Waals surface area contributed by atoms with Crippen molar-refractivity contribution in [3.8, 4) is 0 Å². The molecule has 0 spiro atoms. The normalized spacial score (nSPS) is 17.6. The van der Waals surface area contributed by atoms with Crippen LogP contribution in [0.2, 0.25) is 0 Å². The van der Waals surface area contributed by atoms with Crippen LogP contribution in [0.15, 0.2) is 46.9 Å². The highest BCUT2D eigenvalue weighted by Crippen LogP contribution is 2.33. The molecule has 0 saturated heterocycles. The van der Waals surface area contributed by atoms with Crippen LogP contribution in [-0.4, -0.2) is 11.5 Å². The van der Waals surface area contributed by atoms with Crippen molar-refractivity contribution in [1.29, 1.82) is 0 Å². The van der Waals surface area contributed by atoms with Crippen LogP contribution < -0.4 is 0 Å². The quantitative estimate of drug-likeness (QED) is 0.221. The van der Waals surface area contributed by atoms with E-state index in [0.717, 1.165) is 23.8 Å². The Morgan fingerprint density at radius 2 is 1.88 bits per heavy atom. The van der Waals surface area contributed by atoms with E-state index in [4.69, 9.17) is 0 Å². The lowest BCUT2D eigenvalue weighted by molar-refractivity contribution is 0.443. The summed E-state index contributed by atoms with van der Waals surface area (Å²) in [6.45, 7) is 6.37. The zero-order chi connectivity index (χ0) is 17.2. The van der Waals surface area contributed by atoms with Gasteiger partial charge < -0.3 is 0 Å². The number of hydrogen-bond acceptors (Lipinski definition) is 2. The molecule has 0 heterocycles. The molecule has 2 heteroatoms. The van der Waals surface area contributed by atoms with E-state index in [2.05, 4.69) is 67.7 Å². The minimum absolute atomic E-state index is 0.769. The highest BCUT2D eigenvalue weighted by molar-refractivity contribution is 7.98. The lowest BCUT2D eigenvalue weighted by Gasteiger charge is -2.22. The van der Waals surface area contributed by atoms with Crippen molar-refractivity contribution in [3.05, 3.63) is 53.6 Å². The Balaban J connectivity index is 2.18. The maximum atomic E-state index is 4.69. The highest BCUT2D eigenvalue weighted by atomic mass is 32.2. The van der Waals surface area contributed by atoms with Gasteiger partial charge in [0.05, 0.1) is 5.71 Å². The molecule has 0 N–H and O–H groups in total. The van der Waals surface area contributed by atoms with Gasteiger partial charge in [-0.25, -0.2) is 4.40 Å². The van der Waals surface area contributed by atoms with E-state index in [9.17, 15) is 0 Å². The predicted octanol–water partition coefficient (Wildman–Crippen LogP) is 7.21. The summed E-state index contributed by atoms with van der Waals surface area (Å²) >= 11 is 1.67. The molecule has 2 rings (SSSR count). The lowest BCUT2D eigenvalue weighted by atomic mass is 9.83. The van der Waals surface area contributed by atoms with Gasteiger partial charge in [-0.2, -0.15) is 0 Å². The number of benzene rings is 1. The van der Waals surface area contributed by atoms with Gasteiger partial charge in [-0.3, -0.25) is 0 Å². The monoisotopic (exact) mass is 341 g/mol. The molecular formula is C22H31NS. The fourth-order valence-electron chi connectivity index (χ4n) is 3.27. The summed E-state index contributed by atoms with van der Waals surface area (Å²) in [6, 6.07) is 9.23. The largest absolute Gasteiger partial charge is 0.221 e. The second kappa shape index (κ2) is 10.6. The molecule has 1 fully saturated rings. The molecule has 0 aromatic heterocycles. The second-order valence-corrected chi connectivity index (χ2v) is 7.42. The van der Waals surface area contributed by atoms with Gasteiger partial charge in [0.15, 0.2) is 0 Å². The Morgan fingerprint density at radius 3 is 2.50 bits per heavy atom. The van der Waals surface area contributed by atoms with E-state index in [1.54, 1.807) is 11.9 Å². The van der Waals surface area contributed by atoms with Gasteiger partial charge in [-0.15, -0.1) is 0 Å². The molecule has 1 aromatic carbocycles. The third-order valence-electron chi connectivity index (χ3n) is 4.64. The SMILES string of the molecule is C\C=C/C=C(\C(C)=N\SCCC)c1ccc(C2CCCCC2)cc1. The molecule has 24 heavy (non-hydrogen) atoms. The van der Waals surface area contributed by atoms with Crippen LogP contribution in [0.3, 0.4) is 0 Å². The van der Waals surface area contributed by atoms with Crippen LogP contribution in [0.1, 0.15) is 76.3 Å². The molecule has 0 unspecified atom stereocenters. The molecule has 1 aliphatic rings. The van der Waals surface area contributed by atoms with Gasteiger partial charge in [0.2, 0.25) is 0 Å². The standard InChI is InChI=1S/C22H31NS/c1-4-6-12-22(18(3)23-24-17-5-2)21-15-13-20(14-16-21)19-10-8-7-9-11-19/h4,6,12-16,19H,5,7-11,17H2,1-3H3/b6-4-,22-12+,23-18+.